The number of hydrogen-bond acceptors (Lipinski definition) is 5. The average Bonchev–Trinajstić information content (AvgIpc) is 2.46. The fraction of sp³-hybridized carbons (Fsp3) is 0.615. The predicted molar refractivity (Wildman–Crippen MR) is 74.2 cm³/mol. The van der Waals surface area contributed by atoms with Crippen LogP contribution < -0.4 is 10.6 Å². The molecule has 1 aliphatic rings. The lowest BCUT2D eigenvalue weighted by Gasteiger charge is -2.32. The molecule has 1 aliphatic heterocycles. The third-order valence-corrected chi connectivity index (χ3v) is 3.54. The lowest BCUT2D eigenvalue weighted by molar-refractivity contribution is 0.0923. The molecule has 0 spiro atoms. The van der Waals surface area contributed by atoms with Crippen LogP contribution in [-0.2, 0) is 0 Å². The number of aromatic nitrogens is 2. The minimum Gasteiger partial charge on any atom is -0.372 e. The normalized spacial score (nSPS) is 20.0. The fourth-order valence-electron chi connectivity index (χ4n) is 2.30. The van der Waals surface area contributed by atoms with Crippen molar-refractivity contribution in [3.63, 3.8) is 0 Å². The molecule has 1 saturated heterocycles. The monoisotopic (exact) mass is 263 g/mol. The van der Waals surface area contributed by atoms with Crippen molar-refractivity contribution in [2.45, 2.75) is 25.3 Å². The number of carbonyl (C=O) groups excluding carboxylic acids is 1. The molecule has 1 atom stereocenters. The topological polar surface area (TPSA) is 70.2 Å². The van der Waals surface area contributed by atoms with E-state index >= 15 is 0 Å². The number of hydrogen-bond donors (Lipinski definition) is 2. The van der Waals surface area contributed by atoms with Gasteiger partial charge < -0.3 is 15.5 Å². The zero-order valence-electron chi connectivity index (χ0n) is 11.5. The van der Waals surface area contributed by atoms with Crippen LogP contribution in [0.3, 0.4) is 0 Å². The molecule has 19 heavy (non-hydrogen) atoms. The van der Waals surface area contributed by atoms with Crippen LogP contribution in [0.5, 0.6) is 0 Å². The number of anilines is 1. The SMILES string of the molecule is CNc1cncc(C(=O)NCC2CCCCN2C)n1. The molecule has 1 aromatic heterocycles. The molecule has 1 amide bonds. The fourth-order valence-corrected chi connectivity index (χ4v) is 2.30. The molecule has 2 N–H and O–H groups in total. The summed E-state index contributed by atoms with van der Waals surface area (Å²) in [6, 6.07) is 0.429. The summed E-state index contributed by atoms with van der Waals surface area (Å²) in [5, 5.41) is 5.81. The number of likely N-dealkylation sites (tertiary alicyclic amines) is 1. The molecule has 2 heterocycles. The van der Waals surface area contributed by atoms with E-state index in [0.717, 1.165) is 13.0 Å². The van der Waals surface area contributed by atoms with Gasteiger partial charge in [-0.05, 0) is 26.4 Å². The van der Waals surface area contributed by atoms with Crippen molar-refractivity contribution >= 4 is 11.7 Å². The van der Waals surface area contributed by atoms with Gasteiger partial charge in [-0.3, -0.25) is 9.78 Å². The Bertz CT molecular complexity index is 437. The van der Waals surface area contributed by atoms with Gasteiger partial charge in [0.1, 0.15) is 11.5 Å². The molecule has 2 rings (SSSR count). The summed E-state index contributed by atoms with van der Waals surface area (Å²) in [6.45, 7) is 1.77. The average molecular weight is 263 g/mol. The molecule has 0 bridgehead atoms. The minimum absolute atomic E-state index is 0.163. The summed E-state index contributed by atoms with van der Waals surface area (Å²) >= 11 is 0. The second-order valence-electron chi connectivity index (χ2n) is 4.88. The van der Waals surface area contributed by atoms with Gasteiger partial charge in [-0.25, -0.2) is 4.98 Å². The van der Waals surface area contributed by atoms with E-state index in [9.17, 15) is 4.79 Å². The Morgan fingerprint density at radius 2 is 2.32 bits per heavy atom. The summed E-state index contributed by atoms with van der Waals surface area (Å²) < 4.78 is 0. The van der Waals surface area contributed by atoms with Crippen LogP contribution in [0.15, 0.2) is 12.4 Å². The third kappa shape index (κ3) is 3.64. The maximum absolute atomic E-state index is 12.0. The number of amides is 1. The molecule has 6 heteroatoms. The predicted octanol–water partition coefficient (Wildman–Crippen LogP) is 0.732. The molecular weight excluding hydrogens is 242 g/mol. The van der Waals surface area contributed by atoms with Gasteiger partial charge in [-0.15, -0.1) is 0 Å². The Morgan fingerprint density at radius 3 is 3.05 bits per heavy atom. The van der Waals surface area contributed by atoms with E-state index in [1.165, 1.54) is 19.0 Å². The Balaban J connectivity index is 1.89. The zero-order valence-corrected chi connectivity index (χ0v) is 11.5. The van der Waals surface area contributed by atoms with Crippen molar-refractivity contribution in [3.05, 3.63) is 18.1 Å². The highest BCUT2D eigenvalue weighted by atomic mass is 16.1. The molecule has 1 unspecified atom stereocenters. The Kier molecular flexibility index (Phi) is 4.68. The van der Waals surface area contributed by atoms with Crippen molar-refractivity contribution in [2.75, 3.05) is 32.5 Å². The van der Waals surface area contributed by atoms with Crippen LogP contribution in [-0.4, -0.2) is 54.0 Å². The van der Waals surface area contributed by atoms with E-state index in [1.54, 1.807) is 13.2 Å². The number of piperidine rings is 1. The first-order valence-corrected chi connectivity index (χ1v) is 6.69. The Labute approximate surface area is 113 Å². The molecule has 0 aliphatic carbocycles. The quantitative estimate of drug-likeness (QED) is 0.838. The highest BCUT2D eigenvalue weighted by Gasteiger charge is 2.19. The Hall–Kier alpha value is -1.69. The summed E-state index contributed by atoms with van der Waals surface area (Å²) in [4.78, 5) is 22.5. The Morgan fingerprint density at radius 1 is 1.47 bits per heavy atom. The van der Waals surface area contributed by atoms with Crippen molar-refractivity contribution in [3.8, 4) is 0 Å². The maximum Gasteiger partial charge on any atom is 0.271 e. The summed E-state index contributed by atoms with van der Waals surface area (Å²) in [5.41, 5.74) is 0.352. The van der Waals surface area contributed by atoms with Crippen LogP contribution in [0.25, 0.3) is 0 Å². The van der Waals surface area contributed by atoms with Crippen molar-refractivity contribution < 1.29 is 4.79 Å². The van der Waals surface area contributed by atoms with Gasteiger partial charge in [0.15, 0.2) is 0 Å². The van der Waals surface area contributed by atoms with E-state index in [0.29, 0.717) is 24.1 Å². The largest absolute Gasteiger partial charge is 0.372 e. The van der Waals surface area contributed by atoms with Gasteiger partial charge in [-0.1, -0.05) is 6.42 Å². The standard InChI is InChI=1S/C13H21N5O/c1-14-12-9-15-8-11(17-12)13(19)16-7-10-5-3-4-6-18(10)2/h8-10H,3-7H2,1-2H3,(H,14,17)(H,16,19). The summed E-state index contributed by atoms with van der Waals surface area (Å²) in [6.07, 6.45) is 6.70. The first-order valence-electron chi connectivity index (χ1n) is 6.69. The second-order valence-corrected chi connectivity index (χ2v) is 4.88. The third-order valence-electron chi connectivity index (χ3n) is 3.54. The molecular formula is C13H21N5O. The number of rotatable bonds is 4. The van der Waals surface area contributed by atoms with Gasteiger partial charge in [0.2, 0.25) is 0 Å². The maximum atomic E-state index is 12.0. The molecule has 1 fully saturated rings. The molecule has 0 radical (unpaired) electrons. The summed E-state index contributed by atoms with van der Waals surface area (Å²) in [5.74, 6) is 0.436. The van der Waals surface area contributed by atoms with Crippen LogP contribution in [0.2, 0.25) is 0 Å². The number of nitrogens with one attached hydrogen (secondary N) is 2. The van der Waals surface area contributed by atoms with Crippen molar-refractivity contribution in [1.82, 2.24) is 20.2 Å². The van der Waals surface area contributed by atoms with Crippen molar-refractivity contribution in [1.29, 1.82) is 0 Å². The zero-order chi connectivity index (χ0) is 13.7. The highest BCUT2D eigenvalue weighted by molar-refractivity contribution is 5.92. The van der Waals surface area contributed by atoms with E-state index in [4.69, 9.17) is 0 Å². The first kappa shape index (κ1) is 13.7. The van der Waals surface area contributed by atoms with E-state index in [2.05, 4.69) is 32.5 Å². The smallest absolute Gasteiger partial charge is 0.271 e. The van der Waals surface area contributed by atoms with Crippen LogP contribution in [0, 0.1) is 0 Å². The molecule has 1 aromatic rings. The second kappa shape index (κ2) is 6.47. The lowest BCUT2D eigenvalue weighted by Crippen LogP contribution is -2.44. The van der Waals surface area contributed by atoms with E-state index < -0.39 is 0 Å². The van der Waals surface area contributed by atoms with Gasteiger partial charge in [0, 0.05) is 19.6 Å². The lowest BCUT2D eigenvalue weighted by atomic mass is 10.0. The number of likely N-dealkylation sites (N-methyl/N-ethyl adjacent to an activating group) is 1. The summed E-state index contributed by atoms with van der Waals surface area (Å²) in [7, 11) is 3.86. The van der Waals surface area contributed by atoms with Gasteiger partial charge >= 0.3 is 0 Å². The van der Waals surface area contributed by atoms with Gasteiger partial charge in [0.25, 0.3) is 5.91 Å². The minimum atomic E-state index is -0.163. The number of carbonyl (C=O) groups is 1. The number of nitrogens with zero attached hydrogens (tertiary/aromatic N) is 3. The molecule has 6 nitrogen and oxygen atoms in total. The molecule has 0 saturated carbocycles. The van der Waals surface area contributed by atoms with Gasteiger partial charge in [-0.2, -0.15) is 0 Å². The van der Waals surface area contributed by atoms with Gasteiger partial charge in [0.05, 0.1) is 12.4 Å². The molecule has 0 aromatic carbocycles. The molecule has 104 valence electrons. The van der Waals surface area contributed by atoms with Crippen LogP contribution in [0.4, 0.5) is 5.82 Å². The van der Waals surface area contributed by atoms with E-state index in [1.807, 2.05) is 0 Å². The van der Waals surface area contributed by atoms with Crippen LogP contribution in [0.1, 0.15) is 29.8 Å². The highest BCUT2D eigenvalue weighted by Crippen LogP contribution is 2.14. The van der Waals surface area contributed by atoms with Crippen molar-refractivity contribution in [2.24, 2.45) is 0 Å². The first-order chi connectivity index (χ1) is 9.20. The van der Waals surface area contributed by atoms with Crippen LogP contribution >= 0.6 is 0 Å². The van der Waals surface area contributed by atoms with E-state index in [-0.39, 0.29) is 5.91 Å².